The molecule has 0 unspecified atom stereocenters. The molecule has 1 heterocycles. The quantitative estimate of drug-likeness (QED) is 0.510. The number of hydrogen-bond acceptors (Lipinski definition) is 3. The summed E-state index contributed by atoms with van der Waals surface area (Å²) in [5.74, 6) is -9.78. The van der Waals surface area contributed by atoms with Crippen LogP contribution in [-0.2, 0) is 0 Å². The highest BCUT2D eigenvalue weighted by Gasteiger charge is 2.26. The maximum Gasteiger partial charge on any atom is 0.200 e. The van der Waals surface area contributed by atoms with Crippen molar-refractivity contribution in [1.82, 2.24) is 4.98 Å². The molecule has 112 valence electrons. The molecule has 0 atom stereocenters. The topological polar surface area (TPSA) is 37.0 Å². The molecule has 2 N–H and O–H groups in total. The molecule has 0 saturated heterocycles. The fourth-order valence-corrected chi connectivity index (χ4v) is 1.63. The average molecular weight is 303 g/mol. The molecule has 0 saturated carbocycles. The molecule has 0 bridgehead atoms. The molecular weight excluding hydrogens is 293 g/mol. The van der Waals surface area contributed by atoms with Crippen molar-refractivity contribution in [1.29, 1.82) is 0 Å². The Hall–Kier alpha value is -2.38. The Morgan fingerprint density at radius 1 is 0.857 bits per heavy atom. The molecule has 1 aromatic heterocycles. The van der Waals surface area contributed by atoms with E-state index >= 15 is 0 Å². The maximum absolute atomic E-state index is 13.5. The van der Waals surface area contributed by atoms with Crippen molar-refractivity contribution in [2.45, 2.75) is 6.92 Å². The Bertz CT molecular complexity index is 646. The van der Waals surface area contributed by atoms with Gasteiger partial charge in [0.2, 0.25) is 5.82 Å². The van der Waals surface area contributed by atoms with E-state index < -0.39 is 34.8 Å². The van der Waals surface area contributed by atoms with E-state index in [2.05, 4.69) is 15.6 Å². The smallest absolute Gasteiger partial charge is 0.200 e. The molecule has 2 aromatic rings. The molecule has 0 aliphatic heterocycles. The molecule has 3 nitrogen and oxygen atoms in total. The van der Waals surface area contributed by atoms with Crippen molar-refractivity contribution in [3.8, 4) is 0 Å². The van der Waals surface area contributed by atoms with Gasteiger partial charge in [0, 0.05) is 6.54 Å². The summed E-state index contributed by atoms with van der Waals surface area (Å²) in [4.78, 5) is 3.93. The molecule has 0 radical (unpaired) electrons. The third kappa shape index (κ3) is 2.88. The van der Waals surface area contributed by atoms with Crippen LogP contribution in [0.3, 0.4) is 0 Å². The van der Waals surface area contributed by atoms with Gasteiger partial charge in [0.1, 0.15) is 17.3 Å². The number of nitrogens with zero attached hydrogens (tertiary/aromatic N) is 1. The van der Waals surface area contributed by atoms with Crippen molar-refractivity contribution in [3.63, 3.8) is 0 Å². The van der Waals surface area contributed by atoms with Crippen LogP contribution in [0.5, 0.6) is 0 Å². The average Bonchev–Trinajstić information content (AvgIpc) is 2.48. The number of aromatic nitrogens is 1. The SMILES string of the molecule is CCNc1cccc(Nc2c(F)c(F)c(F)c(F)c2F)n1. The van der Waals surface area contributed by atoms with Gasteiger partial charge >= 0.3 is 0 Å². The van der Waals surface area contributed by atoms with E-state index in [-0.39, 0.29) is 5.82 Å². The molecule has 0 spiro atoms. The first kappa shape index (κ1) is 15.0. The van der Waals surface area contributed by atoms with Gasteiger partial charge in [-0.1, -0.05) is 6.07 Å². The summed E-state index contributed by atoms with van der Waals surface area (Å²) in [5.41, 5.74) is -1.15. The van der Waals surface area contributed by atoms with Crippen LogP contribution < -0.4 is 10.6 Å². The van der Waals surface area contributed by atoms with E-state index in [1.165, 1.54) is 12.1 Å². The second kappa shape index (κ2) is 5.94. The van der Waals surface area contributed by atoms with Crippen molar-refractivity contribution >= 4 is 17.3 Å². The second-order valence-corrected chi connectivity index (χ2v) is 4.01. The first-order chi connectivity index (χ1) is 9.95. The number of hydrogen-bond donors (Lipinski definition) is 2. The molecule has 0 aliphatic carbocycles. The van der Waals surface area contributed by atoms with Gasteiger partial charge in [0.15, 0.2) is 23.3 Å². The summed E-state index contributed by atoms with van der Waals surface area (Å²) in [6.07, 6.45) is 0. The van der Waals surface area contributed by atoms with Gasteiger partial charge < -0.3 is 10.6 Å². The predicted molar refractivity (Wildman–Crippen MR) is 67.9 cm³/mol. The first-order valence-electron chi connectivity index (χ1n) is 5.95. The molecule has 1 aromatic carbocycles. The van der Waals surface area contributed by atoms with Crippen LogP contribution in [0.25, 0.3) is 0 Å². The fraction of sp³-hybridized carbons (Fsp3) is 0.154. The molecule has 0 fully saturated rings. The van der Waals surface area contributed by atoms with Crippen LogP contribution in [-0.4, -0.2) is 11.5 Å². The second-order valence-electron chi connectivity index (χ2n) is 4.01. The molecule has 0 aliphatic rings. The Labute approximate surface area is 116 Å². The number of rotatable bonds is 4. The van der Waals surface area contributed by atoms with Gasteiger partial charge in [-0.2, -0.15) is 0 Å². The zero-order valence-electron chi connectivity index (χ0n) is 10.8. The lowest BCUT2D eigenvalue weighted by atomic mass is 10.2. The minimum Gasteiger partial charge on any atom is -0.370 e. The van der Waals surface area contributed by atoms with Crippen molar-refractivity contribution in [2.75, 3.05) is 17.2 Å². The third-order valence-corrected chi connectivity index (χ3v) is 2.57. The summed E-state index contributed by atoms with van der Waals surface area (Å²) in [6, 6.07) is 4.44. The van der Waals surface area contributed by atoms with E-state index in [4.69, 9.17) is 0 Å². The zero-order valence-corrected chi connectivity index (χ0v) is 10.8. The van der Waals surface area contributed by atoms with E-state index in [9.17, 15) is 22.0 Å². The summed E-state index contributed by atoms with van der Waals surface area (Å²) in [5, 5.41) is 4.95. The van der Waals surface area contributed by atoms with E-state index in [1.807, 2.05) is 6.92 Å². The number of halogens is 5. The van der Waals surface area contributed by atoms with E-state index in [0.717, 1.165) is 0 Å². The lowest BCUT2D eigenvalue weighted by molar-refractivity contribution is 0.382. The minimum atomic E-state index is -2.20. The summed E-state index contributed by atoms with van der Waals surface area (Å²) in [6.45, 7) is 2.37. The van der Waals surface area contributed by atoms with Crippen molar-refractivity contribution < 1.29 is 22.0 Å². The van der Waals surface area contributed by atoms with Gasteiger partial charge in [-0.25, -0.2) is 26.9 Å². The van der Waals surface area contributed by atoms with Crippen LogP contribution in [0.1, 0.15) is 6.92 Å². The van der Waals surface area contributed by atoms with Crippen LogP contribution in [0.4, 0.5) is 39.3 Å². The van der Waals surface area contributed by atoms with Gasteiger partial charge in [-0.3, -0.25) is 0 Å². The standard InChI is InChI=1S/C13H10F5N3/c1-2-19-6-4-3-5-7(20-6)21-13-11(17)9(15)8(14)10(16)12(13)18/h3-5H,2H2,1H3,(H2,19,20,21). The number of benzene rings is 1. The fourth-order valence-electron chi connectivity index (χ4n) is 1.63. The molecule has 2 rings (SSSR count). The van der Waals surface area contributed by atoms with E-state index in [1.54, 1.807) is 6.07 Å². The number of anilines is 3. The van der Waals surface area contributed by atoms with Crippen LogP contribution in [0.2, 0.25) is 0 Å². The van der Waals surface area contributed by atoms with Crippen LogP contribution in [0, 0.1) is 29.1 Å². The highest BCUT2D eigenvalue weighted by atomic mass is 19.2. The summed E-state index contributed by atoms with van der Waals surface area (Å²) >= 11 is 0. The lowest BCUT2D eigenvalue weighted by Crippen LogP contribution is -2.08. The Kier molecular flexibility index (Phi) is 4.25. The van der Waals surface area contributed by atoms with Gasteiger partial charge in [-0.15, -0.1) is 0 Å². The minimum absolute atomic E-state index is 0.0586. The van der Waals surface area contributed by atoms with Crippen molar-refractivity contribution in [3.05, 3.63) is 47.3 Å². The van der Waals surface area contributed by atoms with Gasteiger partial charge in [0.05, 0.1) is 0 Å². The molecular formula is C13H10F5N3. The highest BCUT2D eigenvalue weighted by Crippen LogP contribution is 2.29. The summed E-state index contributed by atoms with van der Waals surface area (Å²) in [7, 11) is 0. The predicted octanol–water partition coefficient (Wildman–Crippen LogP) is 3.95. The Balaban J connectivity index is 2.42. The monoisotopic (exact) mass is 303 g/mol. The largest absolute Gasteiger partial charge is 0.370 e. The third-order valence-electron chi connectivity index (χ3n) is 2.57. The summed E-state index contributed by atoms with van der Waals surface area (Å²) < 4.78 is 66.1. The van der Waals surface area contributed by atoms with Crippen LogP contribution in [0.15, 0.2) is 18.2 Å². The normalized spacial score (nSPS) is 10.6. The first-order valence-corrected chi connectivity index (χ1v) is 5.95. The molecule has 21 heavy (non-hydrogen) atoms. The van der Waals surface area contributed by atoms with Gasteiger partial charge in [-0.05, 0) is 19.1 Å². The maximum atomic E-state index is 13.5. The Morgan fingerprint density at radius 2 is 1.38 bits per heavy atom. The highest BCUT2D eigenvalue weighted by molar-refractivity contribution is 5.60. The van der Waals surface area contributed by atoms with Crippen LogP contribution >= 0.6 is 0 Å². The molecule has 8 heteroatoms. The number of nitrogens with one attached hydrogen (secondary N) is 2. The van der Waals surface area contributed by atoms with E-state index in [0.29, 0.717) is 12.4 Å². The zero-order chi connectivity index (χ0) is 15.6. The number of pyridine rings is 1. The molecule has 0 amide bonds. The van der Waals surface area contributed by atoms with Gasteiger partial charge in [0.25, 0.3) is 0 Å². The lowest BCUT2D eigenvalue weighted by Gasteiger charge is -2.11. The Morgan fingerprint density at radius 3 is 1.95 bits per heavy atom. The van der Waals surface area contributed by atoms with Crippen molar-refractivity contribution in [2.24, 2.45) is 0 Å².